The Morgan fingerprint density at radius 3 is 2.81 bits per heavy atom. The van der Waals surface area contributed by atoms with E-state index in [1.165, 1.54) is 11.0 Å². The van der Waals surface area contributed by atoms with Gasteiger partial charge in [-0.25, -0.2) is 13.4 Å². The zero-order valence-electron chi connectivity index (χ0n) is 12.0. The zero-order chi connectivity index (χ0) is 15.6. The van der Waals surface area contributed by atoms with Crippen molar-refractivity contribution in [3.8, 4) is 0 Å². The molecule has 1 amide bonds. The number of rotatable bonds is 4. The Morgan fingerprint density at radius 2 is 2.24 bits per heavy atom. The number of halogens is 1. The van der Waals surface area contributed by atoms with E-state index < -0.39 is 9.84 Å². The van der Waals surface area contributed by atoms with Gasteiger partial charge in [-0.1, -0.05) is 11.6 Å². The molecule has 8 heteroatoms. The smallest absolute Gasteiger partial charge is 0.254 e. The standard InChI is InChI=1S/C13H18ClN3O3S/c1-3-15-12-7-9(6-11(14)16-12)13(18)17(2)10-4-5-21(19,20)8-10/h6-7,10H,3-5,8H2,1-2H3,(H,15,16). The highest BCUT2D eigenvalue weighted by Crippen LogP contribution is 2.21. The third kappa shape index (κ3) is 3.85. The maximum Gasteiger partial charge on any atom is 0.254 e. The molecule has 2 rings (SSSR count). The molecule has 2 heterocycles. The third-order valence-corrected chi connectivity index (χ3v) is 5.42. The minimum atomic E-state index is -3.03. The predicted molar refractivity (Wildman–Crippen MR) is 82.6 cm³/mol. The lowest BCUT2D eigenvalue weighted by Gasteiger charge is -2.23. The summed E-state index contributed by atoms with van der Waals surface area (Å²) in [6.07, 6.45) is 0.476. The van der Waals surface area contributed by atoms with E-state index in [1.807, 2.05) is 6.92 Å². The molecule has 1 aromatic rings. The first-order valence-corrected chi connectivity index (χ1v) is 8.91. The van der Waals surface area contributed by atoms with Crippen molar-refractivity contribution >= 4 is 33.2 Å². The van der Waals surface area contributed by atoms with Crippen molar-refractivity contribution in [2.45, 2.75) is 19.4 Å². The van der Waals surface area contributed by atoms with Crippen molar-refractivity contribution in [1.82, 2.24) is 9.88 Å². The number of anilines is 1. The number of sulfone groups is 1. The summed E-state index contributed by atoms with van der Waals surface area (Å²) in [5, 5.41) is 3.23. The number of carbonyl (C=O) groups excluding carboxylic acids is 1. The van der Waals surface area contributed by atoms with Gasteiger partial charge in [-0.15, -0.1) is 0 Å². The SMILES string of the molecule is CCNc1cc(C(=O)N(C)C2CCS(=O)(=O)C2)cc(Cl)n1. The average Bonchev–Trinajstić information content (AvgIpc) is 2.77. The molecule has 1 N–H and O–H groups in total. The molecule has 0 aliphatic carbocycles. The second-order valence-electron chi connectivity index (χ2n) is 5.07. The number of nitrogens with zero attached hydrogens (tertiary/aromatic N) is 2. The number of amides is 1. The van der Waals surface area contributed by atoms with Crippen LogP contribution < -0.4 is 5.32 Å². The van der Waals surface area contributed by atoms with E-state index in [1.54, 1.807) is 13.1 Å². The predicted octanol–water partition coefficient (Wildman–Crippen LogP) is 1.43. The van der Waals surface area contributed by atoms with Crippen LogP contribution in [0.4, 0.5) is 5.82 Å². The summed E-state index contributed by atoms with van der Waals surface area (Å²) in [6, 6.07) is 2.83. The Kier molecular flexibility index (Phi) is 4.73. The molecule has 0 aromatic carbocycles. The molecule has 21 heavy (non-hydrogen) atoms. The normalized spacial score (nSPS) is 20.2. The number of nitrogens with one attached hydrogen (secondary N) is 1. The number of hydrogen-bond donors (Lipinski definition) is 1. The van der Waals surface area contributed by atoms with Crippen molar-refractivity contribution in [2.75, 3.05) is 30.4 Å². The van der Waals surface area contributed by atoms with Gasteiger partial charge in [0.25, 0.3) is 5.91 Å². The van der Waals surface area contributed by atoms with Gasteiger partial charge in [0.1, 0.15) is 11.0 Å². The maximum atomic E-state index is 12.5. The van der Waals surface area contributed by atoms with Crippen LogP contribution in [-0.4, -0.2) is 55.3 Å². The Balaban J connectivity index is 2.19. The van der Waals surface area contributed by atoms with Crippen LogP contribution in [0.2, 0.25) is 5.15 Å². The molecule has 1 atom stereocenters. The highest BCUT2D eigenvalue weighted by Gasteiger charge is 2.33. The zero-order valence-corrected chi connectivity index (χ0v) is 13.5. The van der Waals surface area contributed by atoms with Crippen LogP contribution >= 0.6 is 11.6 Å². The topological polar surface area (TPSA) is 79.4 Å². The van der Waals surface area contributed by atoms with Gasteiger partial charge in [0, 0.05) is 25.2 Å². The molecule has 1 aliphatic rings. The van der Waals surface area contributed by atoms with E-state index in [9.17, 15) is 13.2 Å². The fourth-order valence-corrected chi connectivity index (χ4v) is 4.33. The van der Waals surface area contributed by atoms with Gasteiger partial charge in [-0.3, -0.25) is 4.79 Å². The minimum Gasteiger partial charge on any atom is -0.370 e. The van der Waals surface area contributed by atoms with Crippen LogP contribution in [0.5, 0.6) is 0 Å². The molecule has 1 unspecified atom stereocenters. The summed E-state index contributed by atoms with van der Waals surface area (Å²) in [7, 11) is -1.41. The first kappa shape index (κ1) is 16.0. The molecule has 1 aromatic heterocycles. The highest BCUT2D eigenvalue weighted by molar-refractivity contribution is 7.91. The fraction of sp³-hybridized carbons (Fsp3) is 0.538. The van der Waals surface area contributed by atoms with E-state index in [2.05, 4.69) is 10.3 Å². The van der Waals surface area contributed by atoms with Crippen molar-refractivity contribution in [3.63, 3.8) is 0 Å². The quantitative estimate of drug-likeness (QED) is 0.844. The van der Waals surface area contributed by atoms with Crippen LogP contribution in [0.15, 0.2) is 12.1 Å². The van der Waals surface area contributed by atoms with Gasteiger partial charge in [-0.2, -0.15) is 0 Å². The Morgan fingerprint density at radius 1 is 1.52 bits per heavy atom. The average molecular weight is 332 g/mol. The Bertz CT molecular complexity index is 648. The molecule has 116 valence electrons. The number of hydrogen-bond acceptors (Lipinski definition) is 5. The molecule has 0 bridgehead atoms. The van der Waals surface area contributed by atoms with E-state index >= 15 is 0 Å². The van der Waals surface area contributed by atoms with E-state index in [-0.39, 0.29) is 28.6 Å². The van der Waals surface area contributed by atoms with Gasteiger partial charge in [0.05, 0.1) is 11.5 Å². The Labute approximate surface area is 129 Å². The van der Waals surface area contributed by atoms with Crippen LogP contribution in [0.25, 0.3) is 0 Å². The van der Waals surface area contributed by atoms with Gasteiger partial charge >= 0.3 is 0 Å². The van der Waals surface area contributed by atoms with Gasteiger partial charge in [0.15, 0.2) is 9.84 Å². The lowest BCUT2D eigenvalue weighted by Crippen LogP contribution is -2.37. The molecule has 1 saturated heterocycles. The first-order chi connectivity index (χ1) is 9.82. The lowest BCUT2D eigenvalue weighted by molar-refractivity contribution is 0.0747. The van der Waals surface area contributed by atoms with Crippen LogP contribution in [0, 0.1) is 0 Å². The van der Waals surface area contributed by atoms with Gasteiger partial charge in [-0.05, 0) is 25.5 Å². The summed E-state index contributed by atoms with van der Waals surface area (Å²) in [4.78, 5) is 18.0. The van der Waals surface area contributed by atoms with Crippen molar-refractivity contribution < 1.29 is 13.2 Å². The summed E-state index contributed by atoms with van der Waals surface area (Å²) in [5.41, 5.74) is 0.401. The third-order valence-electron chi connectivity index (χ3n) is 3.48. The summed E-state index contributed by atoms with van der Waals surface area (Å²) in [5.74, 6) is 0.435. The van der Waals surface area contributed by atoms with Gasteiger partial charge < -0.3 is 10.2 Å². The summed E-state index contributed by atoms with van der Waals surface area (Å²) in [6.45, 7) is 2.58. The number of aromatic nitrogens is 1. The summed E-state index contributed by atoms with van der Waals surface area (Å²) < 4.78 is 23.0. The van der Waals surface area contributed by atoms with Gasteiger partial charge in [0.2, 0.25) is 0 Å². The molecule has 1 aliphatic heterocycles. The molecular weight excluding hydrogens is 314 g/mol. The fourth-order valence-electron chi connectivity index (χ4n) is 2.34. The number of pyridine rings is 1. The molecule has 0 saturated carbocycles. The molecule has 6 nitrogen and oxygen atoms in total. The van der Waals surface area contributed by atoms with Crippen LogP contribution in [-0.2, 0) is 9.84 Å². The Hall–Kier alpha value is -1.34. The largest absolute Gasteiger partial charge is 0.370 e. The van der Waals surface area contributed by atoms with E-state index in [0.717, 1.165) is 0 Å². The van der Waals surface area contributed by atoms with Crippen LogP contribution in [0.3, 0.4) is 0 Å². The van der Waals surface area contributed by atoms with Crippen LogP contribution in [0.1, 0.15) is 23.7 Å². The molecule has 0 spiro atoms. The van der Waals surface area contributed by atoms with Crippen molar-refractivity contribution in [3.05, 3.63) is 22.8 Å². The summed E-state index contributed by atoms with van der Waals surface area (Å²) >= 11 is 5.92. The van der Waals surface area contributed by atoms with Crippen molar-refractivity contribution in [2.24, 2.45) is 0 Å². The molecular formula is C13H18ClN3O3S. The molecule has 1 fully saturated rings. The monoisotopic (exact) mass is 331 g/mol. The lowest BCUT2D eigenvalue weighted by atomic mass is 10.2. The first-order valence-electron chi connectivity index (χ1n) is 6.71. The van der Waals surface area contributed by atoms with E-state index in [0.29, 0.717) is 24.3 Å². The second-order valence-corrected chi connectivity index (χ2v) is 7.68. The highest BCUT2D eigenvalue weighted by atomic mass is 35.5. The maximum absolute atomic E-state index is 12.5. The number of carbonyl (C=O) groups is 1. The molecule has 0 radical (unpaired) electrons. The minimum absolute atomic E-state index is 0.0219. The van der Waals surface area contributed by atoms with Crippen molar-refractivity contribution in [1.29, 1.82) is 0 Å². The van der Waals surface area contributed by atoms with E-state index in [4.69, 9.17) is 11.6 Å². The second kappa shape index (κ2) is 6.19.